The summed E-state index contributed by atoms with van der Waals surface area (Å²) in [5.41, 5.74) is 7.23. The Labute approximate surface area is 92.1 Å². The minimum absolute atomic E-state index is 0.161. The number of nitrogens with zero attached hydrogens (tertiary/aromatic N) is 2. The van der Waals surface area contributed by atoms with Crippen LogP contribution < -0.4 is 5.73 Å². The van der Waals surface area contributed by atoms with Crippen LogP contribution in [-0.2, 0) is 16.1 Å². The van der Waals surface area contributed by atoms with Crippen molar-refractivity contribution in [1.82, 2.24) is 15.1 Å². The standard InChI is InChI=1S/C10H12N4O2/c1-5-6(2)10(16)14(9(5)15)4-7-3-12-13-8(7)11/h3H,4H2,1-2H3,(H3,11,12,13). The molecule has 0 aliphatic carbocycles. The van der Waals surface area contributed by atoms with Crippen LogP contribution in [0.2, 0.25) is 0 Å². The molecule has 1 aromatic heterocycles. The van der Waals surface area contributed by atoms with Gasteiger partial charge in [0.05, 0.1) is 12.7 Å². The molecule has 1 aliphatic rings. The number of imide groups is 1. The first kappa shape index (κ1) is 10.4. The van der Waals surface area contributed by atoms with Crippen LogP contribution in [0.25, 0.3) is 0 Å². The van der Waals surface area contributed by atoms with Crippen LogP contribution >= 0.6 is 0 Å². The fourth-order valence-corrected chi connectivity index (χ4v) is 1.58. The summed E-state index contributed by atoms with van der Waals surface area (Å²) in [5, 5.41) is 6.30. The van der Waals surface area contributed by atoms with Gasteiger partial charge < -0.3 is 5.73 Å². The van der Waals surface area contributed by atoms with Crippen molar-refractivity contribution in [3.05, 3.63) is 22.9 Å². The van der Waals surface area contributed by atoms with Crippen LogP contribution in [0.3, 0.4) is 0 Å². The number of nitrogens with one attached hydrogen (secondary N) is 1. The van der Waals surface area contributed by atoms with E-state index in [1.54, 1.807) is 13.8 Å². The Hall–Kier alpha value is -2.11. The Morgan fingerprint density at radius 2 is 1.88 bits per heavy atom. The van der Waals surface area contributed by atoms with Gasteiger partial charge in [0, 0.05) is 16.7 Å². The number of amides is 2. The minimum Gasteiger partial charge on any atom is -0.384 e. The Morgan fingerprint density at radius 3 is 2.31 bits per heavy atom. The van der Waals surface area contributed by atoms with Crippen LogP contribution in [0.15, 0.2) is 17.3 Å². The maximum Gasteiger partial charge on any atom is 0.257 e. The third-order valence-electron chi connectivity index (χ3n) is 2.77. The predicted octanol–water partition coefficient (Wildman–Crippen LogP) is 0.197. The molecule has 0 bridgehead atoms. The van der Waals surface area contributed by atoms with Gasteiger partial charge in [-0.15, -0.1) is 0 Å². The summed E-state index contributed by atoms with van der Waals surface area (Å²) in [6.45, 7) is 3.46. The Morgan fingerprint density at radius 1 is 1.31 bits per heavy atom. The molecule has 0 saturated heterocycles. The molecular weight excluding hydrogens is 208 g/mol. The fraction of sp³-hybridized carbons (Fsp3) is 0.300. The molecule has 2 rings (SSSR count). The normalized spacial score (nSPS) is 16.5. The van der Waals surface area contributed by atoms with E-state index in [2.05, 4.69) is 10.2 Å². The number of nitrogen functional groups attached to an aromatic ring is 1. The lowest BCUT2D eigenvalue weighted by Gasteiger charge is -2.13. The summed E-state index contributed by atoms with van der Waals surface area (Å²) in [5.74, 6) is -0.144. The van der Waals surface area contributed by atoms with Crippen molar-refractivity contribution in [1.29, 1.82) is 0 Å². The summed E-state index contributed by atoms with van der Waals surface area (Å²) in [6.07, 6.45) is 1.51. The zero-order valence-corrected chi connectivity index (χ0v) is 9.07. The summed E-state index contributed by atoms with van der Waals surface area (Å²) in [6, 6.07) is 0. The van der Waals surface area contributed by atoms with E-state index in [9.17, 15) is 9.59 Å². The highest BCUT2D eigenvalue weighted by Gasteiger charge is 2.33. The lowest BCUT2D eigenvalue weighted by atomic mass is 10.2. The van der Waals surface area contributed by atoms with Crippen LogP contribution in [0.5, 0.6) is 0 Å². The SMILES string of the molecule is CC1=C(C)C(=O)N(Cc2cn[nH]c2N)C1=O. The first-order valence-corrected chi connectivity index (χ1v) is 4.83. The van der Waals surface area contributed by atoms with Gasteiger partial charge in [0.15, 0.2) is 0 Å². The van der Waals surface area contributed by atoms with E-state index >= 15 is 0 Å². The third kappa shape index (κ3) is 1.39. The third-order valence-corrected chi connectivity index (χ3v) is 2.77. The zero-order chi connectivity index (χ0) is 11.9. The van der Waals surface area contributed by atoms with Gasteiger partial charge >= 0.3 is 0 Å². The van der Waals surface area contributed by atoms with Crippen LogP contribution in [0.4, 0.5) is 5.82 Å². The summed E-state index contributed by atoms with van der Waals surface area (Å²) in [7, 11) is 0. The number of carbonyl (C=O) groups is 2. The quantitative estimate of drug-likeness (QED) is 0.696. The maximum atomic E-state index is 11.7. The van der Waals surface area contributed by atoms with Gasteiger partial charge in [-0.3, -0.25) is 19.6 Å². The van der Waals surface area contributed by atoms with Gasteiger partial charge in [-0.1, -0.05) is 0 Å². The predicted molar refractivity (Wildman–Crippen MR) is 56.9 cm³/mol. The molecule has 0 fully saturated rings. The summed E-state index contributed by atoms with van der Waals surface area (Å²) in [4.78, 5) is 24.7. The molecule has 84 valence electrons. The second-order valence-electron chi connectivity index (χ2n) is 3.76. The number of carbonyl (C=O) groups excluding carboxylic acids is 2. The second-order valence-corrected chi connectivity index (χ2v) is 3.76. The van der Waals surface area contributed by atoms with E-state index in [0.717, 1.165) is 0 Å². The number of nitrogens with two attached hydrogens (primary N) is 1. The largest absolute Gasteiger partial charge is 0.384 e. The summed E-state index contributed by atoms with van der Waals surface area (Å²) >= 11 is 0. The van der Waals surface area contributed by atoms with Gasteiger partial charge in [-0.2, -0.15) is 5.10 Å². The van der Waals surface area contributed by atoms with Crippen molar-refractivity contribution in [3.8, 4) is 0 Å². The van der Waals surface area contributed by atoms with Crippen molar-refractivity contribution >= 4 is 17.6 Å². The lowest BCUT2D eigenvalue weighted by molar-refractivity contribution is -0.138. The van der Waals surface area contributed by atoms with Crippen molar-refractivity contribution < 1.29 is 9.59 Å². The molecule has 6 heteroatoms. The van der Waals surface area contributed by atoms with Crippen molar-refractivity contribution in [2.75, 3.05) is 5.73 Å². The van der Waals surface area contributed by atoms with Crippen LogP contribution in [0, 0.1) is 0 Å². The molecular formula is C10H12N4O2. The van der Waals surface area contributed by atoms with Crippen molar-refractivity contribution in [2.24, 2.45) is 0 Å². The topological polar surface area (TPSA) is 92.1 Å². The molecule has 0 unspecified atom stereocenters. The van der Waals surface area contributed by atoms with E-state index in [0.29, 0.717) is 22.5 Å². The lowest BCUT2D eigenvalue weighted by Crippen LogP contribution is -2.31. The average Bonchev–Trinajstić information content (AvgIpc) is 2.73. The minimum atomic E-state index is -0.261. The molecule has 6 nitrogen and oxygen atoms in total. The molecule has 1 aromatic rings. The highest BCUT2D eigenvalue weighted by atomic mass is 16.2. The molecule has 1 aliphatic heterocycles. The number of aromatic nitrogens is 2. The van der Waals surface area contributed by atoms with E-state index in [4.69, 9.17) is 5.73 Å². The number of aromatic amines is 1. The van der Waals surface area contributed by atoms with Gasteiger partial charge in [0.1, 0.15) is 5.82 Å². The molecule has 2 heterocycles. The van der Waals surface area contributed by atoms with Gasteiger partial charge in [0.25, 0.3) is 11.8 Å². The fourth-order valence-electron chi connectivity index (χ4n) is 1.58. The van der Waals surface area contributed by atoms with E-state index in [1.807, 2.05) is 0 Å². The van der Waals surface area contributed by atoms with Gasteiger partial charge in [0.2, 0.25) is 0 Å². The second kappa shape index (κ2) is 3.48. The number of rotatable bonds is 2. The molecule has 3 N–H and O–H groups in total. The average molecular weight is 220 g/mol. The molecule has 0 radical (unpaired) electrons. The first-order chi connectivity index (χ1) is 7.52. The molecule has 16 heavy (non-hydrogen) atoms. The Kier molecular flexibility index (Phi) is 2.26. The number of hydrogen-bond acceptors (Lipinski definition) is 4. The van der Waals surface area contributed by atoms with Crippen molar-refractivity contribution in [2.45, 2.75) is 20.4 Å². The van der Waals surface area contributed by atoms with E-state index in [1.165, 1.54) is 11.1 Å². The van der Waals surface area contributed by atoms with Gasteiger partial charge in [-0.05, 0) is 13.8 Å². The molecule has 0 aromatic carbocycles. The molecule has 0 saturated carbocycles. The molecule has 0 spiro atoms. The molecule has 0 atom stereocenters. The highest BCUT2D eigenvalue weighted by Crippen LogP contribution is 2.22. The first-order valence-electron chi connectivity index (χ1n) is 4.83. The van der Waals surface area contributed by atoms with Crippen molar-refractivity contribution in [3.63, 3.8) is 0 Å². The number of H-pyrrole nitrogens is 1. The monoisotopic (exact) mass is 220 g/mol. The van der Waals surface area contributed by atoms with Crippen LogP contribution in [0.1, 0.15) is 19.4 Å². The zero-order valence-electron chi connectivity index (χ0n) is 9.07. The van der Waals surface area contributed by atoms with E-state index in [-0.39, 0.29) is 18.4 Å². The smallest absolute Gasteiger partial charge is 0.257 e. The summed E-state index contributed by atoms with van der Waals surface area (Å²) < 4.78 is 0. The van der Waals surface area contributed by atoms with E-state index < -0.39 is 0 Å². The Balaban J connectivity index is 2.24. The van der Waals surface area contributed by atoms with Gasteiger partial charge in [-0.25, -0.2) is 0 Å². The number of hydrogen-bond donors (Lipinski definition) is 2. The molecule has 2 amide bonds. The number of anilines is 1. The highest BCUT2D eigenvalue weighted by molar-refractivity contribution is 6.18. The Bertz CT molecular complexity index is 477. The maximum absolute atomic E-state index is 11.7. The van der Waals surface area contributed by atoms with Crippen LogP contribution in [-0.4, -0.2) is 26.9 Å².